The smallest absolute Gasteiger partial charge is 0.162 e. The van der Waals surface area contributed by atoms with Crippen molar-refractivity contribution in [1.29, 1.82) is 0 Å². The molecule has 17 heavy (non-hydrogen) atoms. The summed E-state index contributed by atoms with van der Waals surface area (Å²) in [5.41, 5.74) is -0.0868. The van der Waals surface area contributed by atoms with Gasteiger partial charge in [-0.3, -0.25) is 4.79 Å². The number of hydrogen-bond donors (Lipinski definition) is 0. The fourth-order valence-electron chi connectivity index (χ4n) is 2.03. The van der Waals surface area contributed by atoms with Gasteiger partial charge in [0.2, 0.25) is 0 Å². The molecule has 0 spiro atoms. The van der Waals surface area contributed by atoms with Crippen molar-refractivity contribution in [2.75, 3.05) is 6.61 Å². The summed E-state index contributed by atoms with van der Waals surface area (Å²) in [7, 11) is 0. The Labute approximate surface area is 107 Å². The van der Waals surface area contributed by atoms with Crippen molar-refractivity contribution < 1.29 is 9.53 Å². The Morgan fingerprint density at radius 2 is 1.65 bits per heavy atom. The molecule has 0 aromatic heterocycles. The van der Waals surface area contributed by atoms with Crippen molar-refractivity contribution in [3.05, 3.63) is 0 Å². The fourth-order valence-corrected chi connectivity index (χ4v) is 2.03. The lowest BCUT2D eigenvalue weighted by Crippen LogP contribution is -2.37. The van der Waals surface area contributed by atoms with Crippen LogP contribution in [0.2, 0.25) is 0 Å². The predicted molar refractivity (Wildman–Crippen MR) is 73.3 cm³/mol. The van der Waals surface area contributed by atoms with Gasteiger partial charge in [0.05, 0.1) is 0 Å². The zero-order valence-corrected chi connectivity index (χ0v) is 12.3. The van der Waals surface area contributed by atoms with Crippen molar-refractivity contribution in [2.45, 2.75) is 79.2 Å². The molecule has 2 heteroatoms. The summed E-state index contributed by atoms with van der Waals surface area (Å²) < 4.78 is 5.60. The van der Waals surface area contributed by atoms with Crippen LogP contribution in [0.25, 0.3) is 0 Å². The van der Waals surface area contributed by atoms with Gasteiger partial charge in [0.1, 0.15) is 6.10 Å². The van der Waals surface area contributed by atoms with Crippen LogP contribution < -0.4 is 0 Å². The summed E-state index contributed by atoms with van der Waals surface area (Å²) in [6.07, 6.45) is 6.39. The number of carbonyl (C=O) groups is 1. The van der Waals surface area contributed by atoms with E-state index in [1.54, 1.807) is 0 Å². The molecule has 1 unspecified atom stereocenters. The Hall–Kier alpha value is -0.370. The zero-order chi connectivity index (χ0) is 13.3. The summed E-state index contributed by atoms with van der Waals surface area (Å²) in [4.78, 5) is 12.1. The van der Waals surface area contributed by atoms with E-state index in [9.17, 15) is 4.79 Å². The predicted octanol–water partition coefficient (Wildman–Crippen LogP) is 4.37. The van der Waals surface area contributed by atoms with Crippen LogP contribution in [0.5, 0.6) is 0 Å². The average molecular weight is 242 g/mol. The number of Topliss-reactive ketones (excluding diaryl/α,β-unsaturated/α-hetero) is 1. The summed E-state index contributed by atoms with van der Waals surface area (Å²) in [5, 5.41) is 0. The van der Waals surface area contributed by atoms with Crippen LogP contribution in [0, 0.1) is 5.41 Å². The molecule has 0 bridgehead atoms. The molecule has 102 valence electrons. The van der Waals surface area contributed by atoms with E-state index < -0.39 is 0 Å². The third-order valence-corrected chi connectivity index (χ3v) is 2.94. The highest BCUT2D eigenvalue weighted by molar-refractivity contribution is 5.83. The highest BCUT2D eigenvalue weighted by Gasteiger charge is 2.30. The molecule has 0 aliphatic heterocycles. The Morgan fingerprint density at radius 3 is 2.12 bits per heavy atom. The van der Waals surface area contributed by atoms with Crippen molar-refractivity contribution in [3.63, 3.8) is 0 Å². The van der Waals surface area contributed by atoms with Crippen LogP contribution in [0.1, 0.15) is 73.1 Å². The van der Waals surface area contributed by atoms with Gasteiger partial charge in [-0.05, 0) is 18.8 Å². The van der Waals surface area contributed by atoms with E-state index in [0.717, 1.165) is 6.42 Å². The van der Waals surface area contributed by atoms with Gasteiger partial charge in [0, 0.05) is 13.0 Å². The maximum absolute atomic E-state index is 12.1. The van der Waals surface area contributed by atoms with Gasteiger partial charge in [0.15, 0.2) is 5.78 Å². The quantitative estimate of drug-likeness (QED) is 0.561. The highest BCUT2D eigenvalue weighted by Crippen LogP contribution is 2.24. The first-order chi connectivity index (χ1) is 7.93. The van der Waals surface area contributed by atoms with Crippen molar-refractivity contribution in [1.82, 2.24) is 0 Å². The van der Waals surface area contributed by atoms with E-state index in [2.05, 4.69) is 27.7 Å². The Morgan fingerprint density at radius 1 is 1.06 bits per heavy atom. The molecule has 0 aliphatic rings. The van der Waals surface area contributed by atoms with Crippen LogP contribution in [0.15, 0.2) is 0 Å². The monoisotopic (exact) mass is 242 g/mol. The van der Waals surface area contributed by atoms with E-state index in [-0.39, 0.29) is 17.3 Å². The molecular weight excluding hydrogens is 212 g/mol. The molecule has 0 fully saturated rings. The minimum Gasteiger partial charge on any atom is -0.370 e. The lowest BCUT2D eigenvalue weighted by Gasteiger charge is -2.29. The van der Waals surface area contributed by atoms with Gasteiger partial charge in [-0.1, -0.05) is 53.4 Å². The van der Waals surface area contributed by atoms with Crippen LogP contribution >= 0.6 is 0 Å². The maximum Gasteiger partial charge on any atom is 0.162 e. The van der Waals surface area contributed by atoms with E-state index in [1.807, 2.05) is 6.92 Å². The molecule has 1 atom stereocenters. The average Bonchev–Trinajstić information content (AvgIpc) is 2.23. The summed E-state index contributed by atoms with van der Waals surface area (Å²) in [6.45, 7) is 11.0. The van der Waals surface area contributed by atoms with E-state index in [1.165, 1.54) is 25.7 Å². The molecule has 0 aromatic rings. The van der Waals surface area contributed by atoms with Crippen molar-refractivity contribution >= 4 is 5.78 Å². The van der Waals surface area contributed by atoms with Crippen LogP contribution in [0.3, 0.4) is 0 Å². The molecule has 0 saturated heterocycles. The van der Waals surface area contributed by atoms with E-state index in [4.69, 9.17) is 4.74 Å². The van der Waals surface area contributed by atoms with Crippen LogP contribution in [-0.2, 0) is 9.53 Å². The topological polar surface area (TPSA) is 26.3 Å². The molecule has 0 aromatic carbocycles. The fraction of sp³-hybridized carbons (Fsp3) is 0.933. The number of rotatable bonds is 9. The maximum atomic E-state index is 12.1. The molecule has 0 aliphatic carbocycles. The Bertz CT molecular complexity index is 203. The number of ketones is 1. The van der Waals surface area contributed by atoms with Crippen molar-refractivity contribution in [2.24, 2.45) is 5.41 Å². The minimum absolute atomic E-state index is 0.0868. The van der Waals surface area contributed by atoms with Gasteiger partial charge in [-0.15, -0.1) is 0 Å². The summed E-state index contributed by atoms with van der Waals surface area (Å²) >= 11 is 0. The van der Waals surface area contributed by atoms with Gasteiger partial charge < -0.3 is 4.74 Å². The normalized spacial score (nSPS) is 13.7. The second-order valence-electron chi connectivity index (χ2n) is 5.83. The molecule has 0 radical (unpaired) electrons. The first kappa shape index (κ1) is 16.6. The number of unbranched alkanes of at least 4 members (excludes halogenated alkanes) is 4. The van der Waals surface area contributed by atoms with Crippen LogP contribution in [-0.4, -0.2) is 18.5 Å². The molecule has 0 N–H and O–H groups in total. The van der Waals surface area contributed by atoms with Gasteiger partial charge in [0.25, 0.3) is 0 Å². The molecule has 0 rings (SSSR count). The third kappa shape index (κ3) is 7.54. The molecule has 0 heterocycles. The summed E-state index contributed by atoms with van der Waals surface area (Å²) in [5.74, 6) is 0.274. The zero-order valence-electron chi connectivity index (χ0n) is 12.3. The molecule has 0 saturated carbocycles. The van der Waals surface area contributed by atoms with E-state index in [0.29, 0.717) is 13.0 Å². The third-order valence-electron chi connectivity index (χ3n) is 2.94. The number of carbonyl (C=O) groups excluding carboxylic acids is 1. The molecular formula is C15H30O2. The minimum atomic E-state index is -0.237. The van der Waals surface area contributed by atoms with Gasteiger partial charge in [-0.2, -0.15) is 0 Å². The number of ether oxygens (including phenoxy) is 1. The summed E-state index contributed by atoms with van der Waals surface area (Å²) in [6, 6.07) is 0. The molecule has 2 nitrogen and oxygen atoms in total. The highest BCUT2D eigenvalue weighted by atomic mass is 16.5. The second kappa shape index (κ2) is 8.68. The lowest BCUT2D eigenvalue weighted by molar-refractivity contribution is -0.137. The first-order valence-electron chi connectivity index (χ1n) is 7.07. The Kier molecular flexibility index (Phi) is 8.49. The molecule has 0 amide bonds. The lowest BCUT2D eigenvalue weighted by atomic mass is 9.85. The standard InChI is InChI=1S/C15H30O2/c1-6-8-9-10-11-12-13(16)14(17-7-2)15(3,4)5/h14H,6-12H2,1-5H3. The van der Waals surface area contributed by atoms with E-state index >= 15 is 0 Å². The van der Waals surface area contributed by atoms with Gasteiger partial charge in [-0.25, -0.2) is 0 Å². The Balaban J connectivity index is 3.99. The number of hydrogen-bond acceptors (Lipinski definition) is 2. The second-order valence-corrected chi connectivity index (χ2v) is 5.83. The largest absolute Gasteiger partial charge is 0.370 e. The van der Waals surface area contributed by atoms with Crippen molar-refractivity contribution in [3.8, 4) is 0 Å². The van der Waals surface area contributed by atoms with Gasteiger partial charge >= 0.3 is 0 Å². The SMILES string of the molecule is CCCCCCCC(=O)C(OCC)C(C)(C)C. The first-order valence-corrected chi connectivity index (χ1v) is 7.07. The van der Waals surface area contributed by atoms with Crippen LogP contribution in [0.4, 0.5) is 0 Å².